The van der Waals surface area contributed by atoms with E-state index >= 15 is 0 Å². The van der Waals surface area contributed by atoms with Crippen LogP contribution < -0.4 is 5.32 Å². The van der Waals surface area contributed by atoms with Crippen LogP contribution in [-0.4, -0.2) is 23.9 Å². The van der Waals surface area contributed by atoms with Crippen LogP contribution in [0.5, 0.6) is 0 Å². The predicted octanol–water partition coefficient (Wildman–Crippen LogP) is 5.73. The van der Waals surface area contributed by atoms with Crippen molar-refractivity contribution in [3.05, 3.63) is 57.5 Å². The summed E-state index contributed by atoms with van der Waals surface area (Å²) in [7, 11) is 0. The van der Waals surface area contributed by atoms with Gasteiger partial charge in [-0.15, -0.1) is 0 Å². The smallest absolute Gasteiger partial charge is 0.377 e. The van der Waals surface area contributed by atoms with Crippen molar-refractivity contribution in [1.29, 1.82) is 0 Å². The second kappa shape index (κ2) is 6.56. The van der Waals surface area contributed by atoms with E-state index in [1.165, 1.54) is 30.5 Å². The molecule has 1 N–H and O–H groups in total. The lowest BCUT2D eigenvalue weighted by Gasteiger charge is -2.42. The van der Waals surface area contributed by atoms with Crippen molar-refractivity contribution >= 4 is 33.1 Å². The van der Waals surface area contributed by atoms with E-state index in [9.17, 15) is 13.2 Å². The molecule has 1 unspecified atom stereocenters. The van der Waals surface area contributed by atoms with Crippen molar-refractivity contribution in [2.75, 3.05) is 11.9 Å². The van der Waals surface area contributed by atoms with Crippen LogP contribution >= 0.6 is 15.9 Å². The molecule has 3 rings (SSSR count). The summed E-state index contributed by atoms with van der Waals surface area (Å²) >= 11 is 3.21. The van der Waals surface area contributed by atoms with Gasteiger partial charge in [-0.05, 0) is 53.5 Å². The number of nitrogens with one attached hydrogen (secondary N) is 1. The van der Waals surface area contributed by atoms with E-state index in [1.807, 2.05) is 0 Å². The van der Waals surface area contributed by atoms with Crippen molar-refractivity contribution in [2.45, 2.75) is 31.5 Å². The Morgan fingerprint density at radius 3 is 2.65 bits per heavy atom. The molecule has 0 saturated carbocycles. The normalized spacial score (nSPS) is 18.7. The minimum absolute atomic E-state index is 0.0327. The number of rotatable bonds is 3. The van der Waals surface area contributed by atoms with E-state index in [1.54, 1.807) is 13.8 Å². The first kappa shape index (κ1) is 18.7. The summed E-state index contributed by atoms with van der Waals surface area (Å²) < 4.78 is 49.5. The van der Waals surface area contributed by atoms with E-state index in [2.05, 4.69) is 31.1 Å². The van der Waals surface area contributed by atoms with Crippen LogP contribution in [0.3, 0.4) is 0 Å². The maximum atomic E-state index is 14.5. The first-order chi connectivity index (χ1) is 12.2. The number of fused-ring (bicyclic) bond motifs is 2. The van der Waals surface area contributed by atoms with Crippen LogP contribution in [0.1, 0.15) is 25.0 Å². The van der Waals surface area contributed by atoms with Crippen LogP contribution in [0.2, 0.25) is 0 Å². The molecule has 1 aliphatic heterocycles. The highest BCUT2D eigenvalue weighted by Gasteiger charge is 2.61. The lowest BCUT2D eigenvalue weighted by molar-refractivity contribution is -0.195. The number of aromatic nitrogens is 1. The molecular formula is C18H15BrF3N3O. The predicted molar refractivity (Wildman–Crippen MR) is 95.8 cm³/mol. The molecule has 0 fully saturated rings. The molecule has 0 amide bonds. The Balaban J connectivity index is 2.36. The van der Waals surface area contributed by atoms with Crippen LogP contribution in [0.4, 0.5) is 30.4 Å². The summed E-state index contributed by atoms with van der Waals surface area (Å²) in [5, 5.41) is 2.94. The zero-order valence-electron chi connectivity index (χ0n) is 14.0. The Bertz CT molecular complexity index is 892. The van der Waals surface area contributed by atoms with Gasteiger partial charge in [-0.25, -0.2) is 9.83 Å². The fourth-order valence-electron chi connectivity index (χ4n) is 3.04. The molecule has 1 aromatic heterocycles. The molecule has 8 heteroatoms. The molecule has 0 radical (unpaired) electrons. The molecule has 0 saturated heterocycles. The molecule has 0 bridgehead atoms. The van der Waals surface area contributed by atoms with Gasteiger partial charge in [0.1, 0.15) is 11.2 Å². The van der Waals surface area contributed by atoms with E-state index in [0.29, 0.717) is 4.47 Å². The third kappa shape index (κ3) is 2.95. The number of nitrogens with zero attached hydrogens (tertiary/aromatic N) is 2. The van der Waals surface area contributed by atoms with Crippen molar-refractivity contribution in [2.24, 2.45) is 0 Å². The number of benzene rings is 1. The zero-order chi connectivity index (χ0) is 19.1. The van der Waals surface area contributed by atoms with E-state index in [-0.39, 0.29) is 34.4 Å². The van der Waals surface area contributed by atoms with Gasteiger partial charge in [0.25, 0.3) is 0 Å². The number of halogens is 4. The minimum atomic E-state index is -4.66. The lowest BCUT2D eigenvalue weighted by atomic mass is 9.71. The summed E-state index contributed by atoms with van der Waals surface area (Å²) in [5.74, 6) is 0.126. The van der Waals surface area contributed by atoms with Gasteiger partial charge in [0.05, 0.1) is 19.3 Å². The quantitative estimate of drug-likeness (QED) is 0.638. The molecule has 0 aliphatic carbocycles. The van der Waals surface area contributed by atoms with Gasteiger partial charge in [-0.2, -0.15) is 13.2 Å². The number of hydrogen-bond donors (Lipinski definition) is 1. The molecule has 2 aromatic rings. The second-order valence-electron chi connectivity index (χ2n) is 6.28. The van der Waals surface area contributed by atoms with Gasteiger partial charge < -0.3 is 10.1 Å². The minimum Gasteiger partial charge on any atom is -0.377 e. The summed E-state index contributed by atoms with van der Waals surface area (Å²) in [4.78, 5) is 7.41. The Morgan fingerprint density at radius 2 is 2.04 bits per heavy atom. The third-order valence-electron chi connectivity index (χ3n) is 4.28. The highest BCUT2D eigenvalue weighted by atomic mass is 79.9. The van der Waals surface area contributed by atoms with Crippen molar-refractivity contribution < 1.29 is 17.9 Å². The van der Waals surface area contributed by atoms with E-state index in [4.69, 9.17) is 11.3 Å². The Morgan fingerprint density at radius 1 is 1.31 bits per heavy atom. The second-order valence-corrected chi connectivity index (χ2v) is 7.19. The molecule has 0 spiro atoms. The molecule has 1 aromatic carbocycles. The third-order valence-corrected chi connectivity index (χ3v) is 4.71. The number of alkyl halides is 3. The van der Waals surface area contributed by atoms with Crippen LogP contribution in [0.15, 0.2) is 34.9 Å². The van der Waals surface area contributed by atoms with Crippen LogP contribution in [0.25, 0.3) is 4.85 Å². The molecule has 136 valence electrons. The fraction of sp³-hybridized carbons (Fsp3) is 0.333. The SMILES string of the molecule is [C-]#[N+]c1ccc2c(c1)C(COC(C)C)(C(F)(F)F)c1cc(Br)cnc1N2. The largest absolute Gasteiger partial charge is 0.404 e. The van der Waals surface area contributed by atoms with Crippen molar-refractivity contribution in [3.8, 4) is 0 Å². The van der Waals surface area contributed by atoms with Crippen molar-refractivity contribution in [3.63, 3.8) is 0 Å². The number of pyridine rings is 1. The molecule has 1 aliphatic rings. The fourth-order valence-corrected chi connectivity index (χ4v) is 3.37. The van der Waals surface area contributed by atoms with Gasteiger partial charge in [-0.3, -0.25) is 0 Å². The lowest BCUT2D eigenvalue weighted by Crippen LogP contribution is -2.50. The average molecular weight is 426 g/mol. The highest BCUT2D eigenvalue weighted by molar-refractivity contribution is 9.10. The Kier molecular flexibility index (Phi) is 4.71. The number of anilines is 2. The van der Waals surface area contributed by atoms with Crippen molar-refractivity contribution in [1.82, 2.24) is 4.98 Å². The van der Waals surface area contributed by atoms with E-state index in [0.717, 1.165) is 0 Å². The summed E-state index contributed by atoms with van der Waals surface area (Å²) in [5.41, 5.74) is -2.09. The summed E-state index contributed by atoms with van der Waals surface area (Å²) in [6.45, 7) is 9.93. The standard InChI is InChI=1S/C18H15BrF3N3O/c1-10(2)26-9-17(18(20,21)22)13-7-12(23-3)4-5-15(13)25-16-14(17)6-11(19)8-24-16/h4-8,10H,9H2,1-2H3,(H,24,25). The van der Waals surface area contributed by atoms with E-state index < -0.39 is 18.2 Å². The summed E-state index contributed by atoms with van der Waals surface area (Å²) in [6, 6.07) is 5.63. The van der Waals surface area contributed by atoms with Gasteiger partial charge >= 0.3 is 6.18 Å². The van der Waals surface area contributed by atoms with Gasteiger partial charge in [0, 0.05) is 21.9 Å². The molecule has 2 heterocycles. The Labute approximate surface area is 157 Å². The van der Waals surface area contributed by atoms with Gasteiger partial charge in [-0.1, -0.05) is 6.07 Å². The topological polar surface area (TPSA) is 38.5 Å². The van der Waals surface area contributed by atoms with Crippen LogP contribution in [-0.2, 0) is 10.2 Å². The first-order valence-electron chi connectivity index (χ1n) is 7.82. The average Bonchev–Trinajstić information content (AvgIpc) is 2.57. The maximum absolute atomic E-state index is 14.5. The molecular weight excluding hydrogens is 411 g/mol. The zero-order valence-corrected chi connectivity index (χ0v) is 15.6. The number of ether oxygens (including phenoxy) is 1. The molecule has 26 heavy (non-hydrogen) atoms. The molecule has 4 nitrogen and oxygen atoms in total. The van der Waals surface area contributed by atoms with Gasteiger partial charge in [0.2, 0.25) is 0 Å². The van der Waals surface area contributed by atoms with Gasteiger partial charge in [0.15, 0.2) is 5.69 Å². The Hall–Kier alpha value is -2.11. The monoisotopic (exact) mass is 425 g/mol. The first-order valence-corrected chi connectivity index (χ1v) is 8.61. The number of hydrogen-bond acceptors (Lipinski definition) is 3. The van der Waals surface area contributed by atoms with Crippen LogP contribution in [0, 0.1) is 6.57 Å². The molecule has 1 atom stereocenters. The maximum Gasteiger partial charge on any atom is 0.404 e. The highest BCUT2D eigenvalue weighted by Crippen LogP contribution is 2.55. The summed E-state index contributed by atoms with van der Waals surface area (Å²) in [6.07, 6.45) is -3.61.